The van der Waals surface area contributed by atoms with Crippen molar-refractivity contribution in [3.05, 3.63) is 35.4 Å². The lowest BCUT2D eigenvalue weighted by molar-refractivity contribution is 0.0190. The molecule has 0 saturated carbocycles. The van der Waals surface area contributed by atoms with E-state index in [9.17, 15) is 10.1 Å². The highest BCUT2D eigenvalue weighted by molar-refractivity contribution is 5.70. The largest absolute Gasteiger partial charge is 0.444 e. The third-order valence-electron chi connectivity index (χ3n) is 3.03. The average molecular weight is 258 g/mol. The van der Waals surface area contributed by atoms with Crippen LogP contribution in [0.5, 0.6) is 0 Å². The molecule has 1 aromatic rings. The Kier molecular flexibility index (Phi) is 3.48. The molecule has 1 heterocycles. The van der Waals surface area contributed by atoms with Gasteiger partial charge in [-0.15, -0.1) is 0 Å². The van der Waals surface area contributed by atoms with Gasteiger partial charge in [-0.2, -0.15) is 5.26 Å². The SMILES string of the molecule is CC(C)(C)OC(=O)N1CCc2ccccc2C1C#N. The quantitative estimate of drug-likeness (QED) is 0.718. The van der Waals surface area contributed by atoms with E-state index in [0.717, 1.165) is 17.5 Å². The highest BCUT2D eigenvalue weighted by Gasteiger charge is 2.33. The van der Waals surface area contributed by atoms with E-state index in [1.165, 1.54) is 4.90 Å². The Balaban J connectivity index is 2.26. The predicted molar refractivity (Wildman–Crippen MR) is 71.4 cm³/mol. The minimum atomic E-state index is -0.556. The normalized spacial score (nSPS) is 18.4. The van der Waals surface area contributed by atoms with Gasteiger partial charge >= 0.3 is 6.09 Å². The zero-order valence-corrected chi connectivity index (χ0v) is 11.5. The van der Waals surface area contributed by atoms with E-state index in [1.54, 1.807) is 0 Å². The van der Waals surface area contributed by atoms with Crippen molar-refractivity contribution in [3.8, 4) is 6.07 Å². The molecule has 0 radical (unpaired) electrons. The molecule has 0 spiro atoms. The zero-order valence-electron chi connectivity index (χ0n) is 11.5. The van der Waals surface area contributed by atoms with Gasteiger partial charge in [0, 0.05) is 6.54 Å². The first-order chi connectivity index (χ1) is 8.92. The summed E-state index contributed by atoms with van der Waals surface area (Å²) in [6.45, 7) is 5.99. The van der Waals surface area contributed by atoms with Gasteiger partial charge in [0.05, 0.1) is 6.07 Å². The van der Waals surface area contributed by atoms with E-state index < -0.39 is 17.7 Å². The van der Waals surface area contributed by atoms with Crippen LogP contribution in [-0.4, -0.2) is 23.1 Å². The maximum absolute atomic E-state index is 12.1. The second-order valence-corrected chi connectivity index (χ2v) is 5.65. The standard InChI is InChI=1S/C15H18N2O2/c1-15(2,3)19-14(18)17-9-8-11-6-4-5-7-12(11)13(17)10-16/h4-7,13H,8-9H2,1-3H3. The number of ether oxygens (including phenoxy) is 1. The Bertz CT molecular complexity index is 526. The second kappa shape index (κ2) is 4.93. The molecule has 1 unspecified atom stereocenters. The number of nitriles is 1. The van der Waals surface area contributed by atoms with E-state index in [2.05, 4.69) is 6.07 Å². The Morgan fingerprint density at radius 1 is 1.42 bits per heavy atom. The summed E-state index contributed by atoms with van der Waals surface area (Å²) >= 11 is 0. The van der Waals surface area contributed by atoms with Crippen LogP contribution >= 0.6 is 0 Å². The first kappa shape index (κ1) is 13.4. The number of hydrogen-bond acceptors (Lipinski definition) is 3. The van der Waals surface area contributed by atoms with Gasteiger partial charge in [-0.05, 0) is 38.3 Å². The lowest BCUT2D eigenvalue weighted by atomic mass is 9.94. The van der Waals surface area contributed by atoms with Gasteiger partial charge in [0.1, 0.15) is 11.6 Å². The van der Waals surface area contributed by atoms with Crippen LogP contribution in [0.15, 0.2) is 24.3 Å². The molecule has 100 valence electrons. The van der Waals surface area contributed by atoms with Gasteiger partial charge in [-0.3, -0.25) is 4.90 Å². The Labute approximate surface area is 113 Å². The molecule has 1 aliphatic heterocycles. The predicted octanol–water partition coefficient (Wildman–Crippen LogP) is 3.04. The smallest absolute Gasteiger partial charge is 0.411 e. The van der Waals surface area contributed by atoms with Crippen LogP contribution < -0.4 is 0 Å². The molecule has 4 heteroatoms. The molecule has 1 amide bonds. The minimum absolute atomic E-state index is 0.423. The van der Waals surface area contributed by atoms with E-state index >= 15 is 0 Å². The second-order valence-electron chi connectivity index (χ2n) is 5.65. The number of nitrogens with zero attached hydrogens (tertiary/aromatic N) is 2. The number of rotatable bonds is 0. The van der Waals surface area contributed by atoms with Gasteiger partial charge in [0.2, 0.25) is 0 Å². The third-order valence-corrected chi connectivity index (χ3v) is 3.03. The average Bonchev–Trinajstić information content (AvgIpc) is 2.35. The van der Waals surface area contributed by atoms with Gasteiger partial charge in [0.25, 0.3) is 0 Å². The van der Waals surface area contributed by atoms with Crippen molar-refractivity contribution in [1.82, 2.24) is 4.90 Å². The molecular formula is C15H18N2O2. The van der Waals surface area contributed by atoms with Crippen molar-refractivity contribution in [2.45, 2.75) is 38.8 Å². The first-order valence-corrected chi connectivity index (χ1v) is 6.39. The molecule has 0 aliphatic carbocycles. The fourth-order valence-corrected chi connectivity index (χ4v) is 2.22. The van der Waals surface area contributed by atoms with E-state index in [-0.39, 0.29) is 0 Å². The zero-order chi connectivity index (χ0) is 14.0. The van der Waals surface area contributed by atoms with Crippen molar-refractivity contribution in [2.24, 2.45) is 0 Å². The monoisotopic (exact) mass is 258 g/mol. The van der Waals surface area contributed by atoms with Crippen LogP contribution in [0.2, 0.25) is 0 Å². The first-order valence-electron chi connectivity index (χ1n) is 6.39. The summed E-state index contributed by atoms with van der Waals surface area (Å²) in [5.74, 6) is 0. The Hall–Kier alpha value is -2.02. The van der Waals surface area contributed by atoms with Crippen LogP contribution in [0.3, 0.4) is 0 Å². The summed E-state index contributed by atoms with van der Waals surface area (Å²) in [4.78, 5) is 13.7. The summed E-state index contributed by atoms with van der Waals surface area (Å²) in [6, 6.07) is 9.40. The summed E-state index contributed by atoms with van der Waals surface area (Å²) in [5, 5.41) is 9.36. The molecule has 0 fully saturated rings. The van der Waals surface area contributed by atoms with Crippen molar-refractivity contribution in [3.63, 3.8) is 0 Å². The van der Waals surface area contributed by atoms with Crippen LogP contribution in [0.4, 0.5) is 4.79 Å². The minimum Gasteiger partial charge on any atom is -0.444 e. The van der Waals surface area contributed by atoms with Gasteiger partial charge in [-0.1, -0.05) is 24.3 Å². The van der Waals surface area contributed by atoms with Crippen molar-refractivity contribution < 1.29 is 9.53 Å². The van der Waals surface area contributed by atoms with E-state index in [1.807, 2.05) is 45.0 Å². The van der Waals surface area contributed by atoms with Crippen LogP contribution in [-0.2, 0) is 11.2 Å². The number of fused-ring (bicyclic) bond motifs is 1. The number of carbonyl (C=O) groups is 1. The summed E-state index contributed by atoms with van der Waals surface area (Å²) in [5.41, 5.74) is 1.49. The molecule has 0 saturated heterocycles. The Morgan fingerprint density at radius 3 is 2.74 bits per heavy atom. The molecule has 1 aliphatic rings. The number of benzene rings is 1. The van der Waals surface area contributed by atoms with Crippen LogP contribution in [0.1, 0.15) is 37.9 Å². The lowest BCUT2D eigenvalue weighted by Crippen LogP contribution is -2.42. The van der Waals surface area contributed by atoms with Crippen molar-refractivity contribution in [2.75, 3.05) is 6.54 Å². The summed E-state index contributed by atoms with van der Waals surface area (Å²) < 4.78 is 5.36. The maximum atomic E-state index is 12.1. The molecular weight excluding hydrogens is 240 g/mol. The third kappa shape index (κ3) is 2.87. The summed E-state index contributed by atoms with van der Waals surface area (Å²) in [7, 11) is 0. The lowest BCUT2D eigenvalue weighted by Gasteiger charge is -2.34. The van der Waals surface area contributed by atoms with E-state index in [4.69, 9.17) is 4.74 Å². The Morgan fingerprint density at radius 2 is 2.11 bits per heavy atom. The van der Waals surface area contributed by atoms with Gasteiger partial charge in [0.15, 0.2) is 0 Å². The van der Waals surface area contributed by atoms with Crippen molar-refractivity contribution >= 4 is 6.09 Å². The fourth-order valence-electron chi connectivity index (χ4n) is 2.22. The number of hydrogen-bond donors (Lipinski definition) is 0. The van der Waals surface area contributed by atoms with Crippen LogP contribution in [0, 0.1) is 11.3 Å². The maximum Gasteiger partial charge on any atom is 0.411 e. The topological polar surface area (TPSA) is 53.3 Å². The molecule has 4 nitrogen and oxygen atoms in total. The molecule has 0 bridgehead atoms. The molecule has 0 N–H and O–H groups in total. The molecule has 2 rings (SSSR count). The van der Waals surface area contributed by atoms with Gasteiger partial charge in [-0.25, -0.2) is 4.79 Å². The van der Waals surface area contributed by atoms with Crippen molar-refractivity contribution in [1.29, 1.82) is 5.26 Å². The van der Waals surface area contributed by atoms with E-state index in [0.29, 0.717) is 6.54 Å². The highest BCUT2D eigenvalue weighted by Crippen LogP contribution is 2.30. The fraction of sp³-hybridized carbons (Fsp3) is 0.467. The number of carbonyl (C=O) groups excluding carboxylic acids is 1. The molecule has 1 atom stereocenters. The molecule has 19 heavy (non-hydrogen) atoms. The number of amides is 1. The summed E-state index contributed by atoms with van der Waals surface area (Å²) in [6.07, 6.45) is 0.335. The van der Waals surface area contributed by atoms with Gasteiger partial charge < -0.3 is 4.74 Å². The van der Waals surface area contributed by atoms with Crippen LogP contribution in [0.25, 0.3) is 0 Å². The molecule has 0 aromatic heterocycles. The molecule has 1 aromatic carbocycles. The highest BCUT2D eigenvalue weighted by atomic mass is 16.6.